The van der Waals surface area contributed by atoms with E-state index in [1.807, 2.05) is 13.8 Å². The predicted octanol–water partition coefficient (Wildman–Crippen LogP) is 2.26. The van der Waals surface area contributed by atoms with Crippen molar-refractivity contribution < 1.29 is 17.9 Å². The van der Waals surface area contributed by atoms with Gasteiger partial charge in [0.25, 0.3) is 5.91 Å². The summed E-state index contributed by atoms with van der Waals surface area (Å²) in [5.41, 5.74) is 0.480. The van der Waals surface area contributed by atoms with E-state index in [1.165, 1.54) is 12.1 Å². The van der Waals surface area contributed by atoms with Crippen molar-refractivity contribution in [3.05, 3.63) is 29.8 Å². The molecule has 1 aromatic carbocycles. The average Bonchev–Trinajstić information content (AvgIpc) is 2.58. The highest BCUT2D eigenvalue weighted by Crippen LogP contribution is 2.16. The Balaban J connectivity index is 3.02. The molecule has 0 aliphatic heterocycles. The van der Waals surface area contributed by atoms with E-state index in [0.717, 1.165) is 12.8 Å². The van der Waals surface area contributed by atoms with Crippen LogP contribution in [-0.4, -0.2) is 52.1 Å². The van der Waals surface area contributed by atoms with Gasteiger partial charge in [0.15, 0.2) is 0 Å². The highest BCUT2D eigenvalue weighted by molar-refractivity contribution is 7.89. The van der Waals surface area contributed by atoms with Crippen LogP contribution in [0.3, 0.4) is 0 Å². The zero-order valence-corrected chi connectivity index (χ0v) is 15.7. The fourth-order valence-corrected chi connectivity index (χ4v) is 3.63. The molecule has 24 heavy (non-hydrogen) atoms. The average molecular weight is 356 g/mol. The SMILES string of the molecule is CCNS(=O)(=O)c1ccc(C(=O)N(CCOC)C(CC)CC)cc1. The van der Waals surface area contributed by atoms with Gasteiger partial charge in [-0.2, -0.15) is 0 Å². The van der Waals surface area contributed by atoms with Crippen molar-refractivity contribution in [2.45, 2.75) is 44.6 Å². The summed E-state index contributed by atoms with van der Waals surface area (Å²) >= 11 is 0. The number of carbonyl (C=O) groups excluding carboxylic acids is 1. The summed E-state index contributed by atoms with van der Waals surface area (Å²) in [4.78, 5) is 14.8. The molecule has 1 rings (SSSR count). The highest BCUT2D eigenvalue weighted by atomic mass is 32.2. The van der Waals surface area contributed by atoms with Crippen LogP contribution in [0.4, 0.5) is 0 Å². The quantitative estimate of drug-likeness (QED) is 0.698. The lowest BCUT2D eigenvalue weighted by Gasteiger charge is -2.30. The van der Waals surface area contributed by atoms with Gasteiger partial charge in [0, 0.05) is 31.8 Å². The lowest BCUT2D eigenvalue weighted by atomic mass is 10.1. The first-order valence-electron chi connectivity index (χ1n) is 8.30. The maximum absolute atomic E-state index is 12.8. The van der Waals surface area contributed by atoms with Gasteiger partial charge in [-0.15, -0.1) is 0 Å². The van der Waals surface area contributed by atoms with Crippen molar-refractivity contribution in [1.29, 1.82) is 0 Å². The number of methoxy groups -OCH3 is 1. The van der Waals surface area contributed by atoms with Crippen LogP contribution in [0.2, 0.25) is 0 Å². The van der Waals surface area contributed by atoms with Crippen LogP contribution in [0.5, 0.6) is 0 Å². The number of hydrogen-bond donors (Lipinski definition) is 1. The van der Waals surface area contributed by atoms with E-state index >= 15 is 0 Å². The molecular weight excluding hydrogens is 328 g/mol. The molecule has 0 bridgehead atoms. The van der Waals surface area contributed by atoms with E-state index in [9.17, 15) is 13.2 Å². The Morgan fingerprint density at radius 3 is 2.21 bits per heavy atom. The van der Waals surface area contributed by atoms with Crippen molar-refractivity contribution in [2.75, 3.05) is 26.8 Å². The second-order valence-corrected chi connectivity index (χ2v) is 7.25. The summed E-state index contributed by atoms with van der Waals surface area (Å²) in [7, 11) is -1.90. The van der Waals surface area contributed by atoms with Gasteiger partial charge in [0.2, 0.25) is 10.0 Å². The summed E-state index contributed by atoms with van der Waals surface area (Å²) in [5, 5.41) is 0. The van der Waals surface area contributed by atoms with E-state index in [4.69, 9.17) is 4.74 Å². The Labute approximate surface area is 145 Å². The minimum atomic E-state index is -3.51. The Kier molecular flexibility index (Phi) is 8.38. The molecule has 1 N–H and O–H groups in total. The molecule has 0 fully saturated rings. The number of nitrogens with zero attached hydrogens (tertiary/aromatic N) is 1. The van der Waals surface area contributed by atoms with Crippen molar-refractivity contribution in [2.24, 2.45) is 0 Å². The van der Waals surface area contributed by atoms with Gasteiger partial charge >= 0.3 is 0 Å². The predicted molar refractivity (Wildman–Crippen MR) is 94.6 cm³/mol. The number of carbonyl (C=O) groups is 1. The minimum absolute atomic E-state index is 0.104. The topological polar surface area (TPSA) is 75.7 Å². The standard InChI is InChI=1S/C17H28N2O4S/c1-5-15(6-2)19(12-13-23-4)17(20)14-8-10-16(11-9-14)24(21,22)18-7-3/h8-11,15,18H,5-7,12-13H2,1-4H3. The molecule has 1 aromatic rings. The third-order valence-electron chi connectivity index (χ3n) is 3.93. The van der Waals surface area contributed by atoms with Crippen LogP contribution in [0.25, 0.3) is 0 Å². The third-order valence-corrected chi connectivity index (χ3v) is 5.49. The van der Waals surface area contributed by atoms with Crippen molar-refractivity contribution in [1.82, 2.24) is 9.62 Å². The van der Waals surface area contributed by atoms with Gasteiger partial charge in [0.05, 0.1) is 11.5 Å². The number of hydrogen-bond acceptors (Lipinski definition) is 4. The zero-order chi connectivity index (χ0) is 18.2. The molecule has 0 saturated carbocycles. The Bertz CT molecular complexity index is 610. The Morgan fingerprint density at radius 1 is 1.17 bits per heavy atom. The molecule has 0 atom stereocenters. The van der Waals surface area contributed by atoms with E-state index < -0.39 is 10.0 Å². The van der Waals surface area contributed by atoms with Gasteiger partial charge in [-0.05, 0) is 37.1 Å². The fourth-order valence-electron chi connectivity index (χ4n) is 2.58. The lowest BCUT2D eigenvalue weighted by molar-refractivity contribution is 0.0589. The molecule has 0 radical (unpaired) electrons. The van der Waals surface area contributed by atoms with Crippen molar-refractivity contribution in [3.8, 4) is 0 Å². The van der Waals surface area contributed by atoms with Crippen LogP contribution in [0.15, 0.2) is 29.2 Å². The molecule has 0 heterocycles. The third kappa shape index (κ3) is 5.29. The summed E-state index contributed by atoms with van der Waals surface area (Å²) in [6.07, 6.45) is 1.72. The lowest BCUT2D eigenvalue weighted by Crippen LogP contribution is -2.41. The molecule has 0 unspecified atom stereocenters. The molecule has 0 aliphatic carbocycles. The molecule has 7 heteroatoms. The highest BCUT2D eigenvalue weighted by Gasteiger charge is 2.22. The second-order valence-electron chi connectivity index (χ2n) is 5.49. The van der Waals surface area contributed by atoms with Crippen LogP contribution in [-0.2, 0) is 14.8 Å². The maximum Gasteiger partial charge on any atom is 0.254 e. The molecule has 0 spiro atoms. The number of rotatable bonds is 10. The number of benzene rings is 1. The second kappa shape index (κ2) is 9.76. The van der Waals surface area contributed by atoms with E-state index in [0.29, 0.717) is 25.3 Å². The first-order chi connectivity index (χ1) is 11.4. The maximum atomic E-state index is 12.8. The molecule has 0 aliphatic rings. The molecule has 6 nitrogen and oxygen atoms in total. The van der Waals surface area contributed by atoms with Gasteiger partial charge in [-0.3, -0.25) is 4.79 Å². The summed E-state index contributed by atoms with van der Waals surface area (Å²) in [6, 6.07) is 6.20. The van der Waals surface area contributed by atoms with E-state index in [-0.39, 0.29) is 16.8 Å². The first-order valence-corrected chi connectivity index (χ1v) is 9.79. The van der Waals surface area contributed by atoms with Crippen LogP contribution < -0.4 is 4.72 Å². The molecular formula is C17H28N2O4S. The number of sulfonamides is 1. The summed E-state index contributed by atoms with van der Waals surface area (Å²) < 4.78 is 31.5. The van der Waals surface area contributed by atoms with Gasteiger partial charge in [-0.25, -0.2) is 13.1 Å². The summed E-state index contributed by atoms with van der Waals surface area (Å²) in [6.45, 7) is 7.12. The first kappa shape index (κ1) is 20.6. The smallest absolute Gasteiger partial charge is 0.254 e. The monoisotopic (exact) mass is 356 g/mol. The molecule has 0 aromatic heterocycles. The van der Waals surface area contributed by atoms with Gasteiger partial charge in [0.1, 0.15) is 0 Å². The van der Waals surface area contributed by atoms with Crippen LogP contribution >= 0.6 is 0 Å². The van der Waals surface area contributed by atoms with E-state index in [1.54, 1.807) is 31.1 Å². The van der Waals surface area contributed by atoms with Gasteiger partial charge in [-0.1, -0.05) is 20.8 Å². The van der Waals surface area contributed by atoms with Crippen LogP contribution in [0, 0.1) is 0 Å². The Hall–Kier alpha value is -1.44. The largest absolute Gasteiger partial charge is 0.383 e. The Morgan fingerprint density at radius 2 is 1.75 bits per heavy atom. The van der Waals surface area contributed by atoms with E-state index in [2.05, 4.69) is 4.72 Å². The number of nitrogens with one attached hydrogen (secondary N) is 1. The number of amides is 1. The van der Waals surface area contributed by atoms with Gasteiger partial charge < -0.3 is 9.64 Å². The fraction of sp³-hybridized carbons (Fsp3) is 0.588. The molecule has 1 amide bonds. The van der Waals surface area contributed by atoms with Crippen molar-refractivity contribution >= 4 is 15.9 Å². The molecule has 0 saturated heterocycles. The van der Waals surface area contributed by atoms with Crippen molar-refractivity contribution in [3.63, 3.8) is 0 Å². The van der Waals surface area contributed by atoms with Crippen LogP contribution in [0.1, 0.15) is 44.0 Å². The zero-order valence-electron chi connectivity index (χ0n) is 14.9. The normalized spacial score (nSPS) is 11.7. The summed E-state index contributed by atoms with van der Waals surface area (Å²) in [5.74, 6) is -0.104. The number of ether oxygens (including phenoxy) is 1. The minimum Gasteiger partial charge on any atom is -0.383 e. The molecule has 136 valence electrons.